The van der Waals surface area contributed by atoms with E-state index in [9.17, 15) is 9.59 Å². The van der Waals surface area contributed by atoms with E-state index >= 15 is 0 Å². The van der Waals surface area contributed by atoms with Crippen molar-refractivity contribution in [2.24, 2.45) is 5.41 Å². The van der Waals surface area contributed by atoms with Crippen molar-refractivity contribution < 1.29 is 9.59 Å². The van der Waals surface area contributed by atoms with Gasteiger partial charge in [0.2, 0.25) is 0 Å². The Labute approximate surface area is 101 Å². The fourth-order valence-electron chi connectivity index (χ4n) is 1.18. The molecule has 0 aliphatic rings. The molecule has 0 atom stereocenters. The van der Waals surface area contributed by atoms with E-state index in [4.69, 9.17) is 0 Å². The number of ketones is 1. The van der Waals surface area contributed by atoms with Crippen LogP contribution < -0.4 is 5.32 Å². The molecule has 1 N–H and O–H groups in total. The second-order valence-electron chi connectivity index (χ2n) is 4.91. The van der Waals surface area contributed by atoms with E-state index in [0.717, 1.165) is 0 Å². The molecule has 1 aromatic heterocycles. The van der Waals surface area contributed by atoms with Crippen LogP contribution in [-0.2, 0) is 11.3 Å². The quantitative estimate of drug-likeness (QED) is 0.857. The lowest BCUT2D eigenvalue weighted by molar-refractivity contribution is -0.125. The van der Waals surface area contributed by atoms with Crippen molar-refractivity contribution in [2.75, 3.05) is 6.54 Å². The lowest BCUT2D eigenvalue weighted by Crippen LogP contribution is -2.35. The number of rotatable bonds is 4. The minimum Gasteiger partial charge on any atom is -0.344 e. The number of hydrogen-bond donors (Lipinski definition) is 1. The zero-order valence-electron chi connectivity index (χ0n) is 10.8. The Balaban J connectivity index is 2.53. The molecule has 5 nitrogen and oxygen atoms in total. The monoisotopic (exact) mass is 237 g/mol. The van der Waals surface area contributed by atoms with Crippen LogP contribution in [0.2, 0.25) is 0 Å². The molecule has 1 heterocycles. The van der Waals surface area contributed by atoms with E-state index in [1.807, 2.05) is 27.7 Å². The van der Waals surface area contributed by atoms with Gasteiger partial charge in [-0.1, -0.05) is 20.8 Å². The molecule has 94 valence electrons. The van der Waals surface area contributed by atoms with Crippen molar-refractivity contribution in [2.45, 2.75) is 34.2 Å². The third-order valence-electron chi connectivity index (χ3n) is 2.44. The number of aryl methyl sites for hydroxylation is 1. The minimum atomic E-state index is -0.434. The minimum absolute atomic E-state index is 0.000717. The van der Waals surface area contributed by atoms with Gasteiger partial charge in [0.15, 0.2) is 5.78 Å². The van der Waals surface area contributed by atoms with Gasteiger partial charge < -0.3 is 5.32 Å². The number of Topliss-reactive ketones (excluding diaryl/α,β-unsaturated/α-hetero) is 1. The lowest BCUT2D eigenvalue weighted by atomic mass is 9.91. The maximum Gasteiger partial charge on any atom is 0.272 e. The van der Waals surface area contributed by atoms with Gasteiger partial charge in [0, 0.05) is 18.2 Å². The summed E-state index contributed by atoms with van der Waals surface area (Å²) < 4.78 is 1.67. The van der Waals surface area contributed by atoms with Crippen molar-refractivity contribution in [3.05, 3.63) is 18.0 Å². The number of amides is 1. The topological polar surface area (TPSA) is 64.0 Å². The fourth-order valence-corrected chi connectivity index (χ4v) is 1.18. The van der Waals surface area contributed by atoms with Crippen LogP contribution in [0.5, 0.6) is 0 Å². The molecule has 0 bridgehead atoms. The van der Waals surface area contributed by atoms with E-state index in [1.54, 1.807) is 16.9 Å². The van der Waals surface area contributed by atoms with Gasteiger partial charge in [-0.05, 0) is 13.0 Å². The summed E-state index contributed by atoms with van der Waals surface area (Å²) in [5.74, 6) is -0.310. The van der Waals surface area contributed by atoms with Crippen LogP contribution in [0, 0.1) is 5.41 Å². The first-order chi connectivity index (χ1) is 7.84. The Morgan fingerprint density at radius 2 is 2.06 bits per heavy atom. The number of nitrogens with one attached hydrogen (secondary N) is 1. The summed E-state index contributed by atoms with van der Waals surface area (Å²) in [6.07, 6.45) is 1.74. The zero-order chi connectivity index (χ0) is 13.1. The standard InChI is InChI=1S/C12H19N3O2/c1-5-15-7-6-9(14-15)11(17)13-8-10(16)12(2,3)4/h6-7H,5,8H2,1-4H3,(H,13,17). The molecule has 1 aromatic rings. The van der Waals surface area contributed by atoms with Crippen molar-refractivity contribution in [1.29, 1.82) is 0 Å². The molecule has 17 heavy (non-hydrogen) atoms. The molecule has 5 heteroatoms. The van der Waals surface area contributed by atoms with Crippen LogP contribution in [0.15, 0.2) is 12.3 Å². The normalized spacial score (nSPS) is 11.3. The van der Waals surface area contributed by atoms with Crippen LogP contribution in [-0.4, -0.2) is 28.0 Å². The first-order valence-corrected chi connectivity index (χ1v) is 5.69. The summed E-state index contributed by atoms with van der Waals surface area (Å²) in [5.41, 5.74) is -0.0932. The zero-order valence-corrected chi connectivity index (χ0v) is 10.8. The Bertz CT molecular complexity index is 416. The molecule has 0 unspecified atom stereocenters. The predicted molar refractivity (Wildman–Crippen MR) is 64.7 cm³/mol. The number of carbonyl (C=O) groups is 2. The van der Waals surface area contributed by atoms with Gasteiger partial charge >= 0.3 is 0 Å². The molecule has 0 radical (unpaired) electrons. The molecule has 1 rings (SSSR count). The molecule has 0 spiro atoms. The molecule has 0 aromatic carbocycles. The van der Waals surface area contributed by atoms with E-state index in [2.05, 4.69) is 10.4 Å². The molecule has 0 saturated heterocycles. The first-order valence-electron chi connectivity index (χ1n) is 5.69. The Kier molecular flexibility index (Phi) is 4.04. The van der Waals surface area contributed by atoms with Crippen molar-refractivity contribution >= 4 is 11.7 Å². The summed E-state index contributed by atoms with van der Waals surface area (Å²) in [7, 11) is 0. The third kappa shape index (κ3) is 3.69. The van der Waals surface area contributed by atoms with Crippen LogP contribution in [0.4, 0.5) is 0 Å². The number of carbonyl (C=O) groups excluding carboxylic acids is 2. The number of nitrogens with zero attached hydrogens (tertiary/aromatic N) is 2. The van der Waals surface area contributed by atoms with Crippen molar-refractivity contribution in [3.63, 3.8) is 0 Å². The van der Waals surface area contributed by atoms with Crippen molar-refractivity contribution in [3.8, 4) is 0 Å². The Morgan fingerprint density at radius 1 is 1.41 bits per heavy atom. The van der Waals surface area contributed by atoms with E-state index in [1.165, 1.54) is 0 Å². The number of hydrogen-bond acceptors (Lipinski definition) is 3. The molecular weight excluding hydrogens is 218 g/mol. The highest BCUT2D eigenvalue weighted by molar-refractivity contribution is 5.96. The van der Waals surface area contributed by atoms with E-state index < -0.39 is 5.41 Å². The van der Waals surface area contributed by atoms with Gasteiger partial charge in [0.25, 0.3) is 5.91 Å². The molecule has 1 amide bonds. The van der Waals surface area contributed by atoms with Gasteiger partial charge in [-0.25, -0.2) is 0 Å². The summed E-state index contributed by atoms with van der Waals surface area (Å²) in [4.78, 5) is 23.3. The molecule has 0 saturated carbocycles. The maximum absolute atomic E-state index is 11.7. The summed E-state index contributed by atoms with van der Waals surface area (Å²) in [5, 5.41) is 6.64. The first kappa shape index (κ1) is 13.4. The number of aromatic nitrogens is 2. The molecule has 0 aliphatic heterocycles. The lowest BCUT2D eigenvalue weighted by Gasteiger charge is -2.16. The second kappa shape index (κ2) is 5.12. The third-order valence-corrected chi connectivity index (χ3v) is 2.44. The van der Waals surface area contributed by atoms with Gasteiger partial charge in [-0.15, -0.1) is 0 Å². The highest BCUT2D eigenvalue weighted by atomic mass is 16.2. The van der Waals surface area contributed by atoms with Crippen molar-refractivity contribution in [1.82, 2.24) is 15.1 Å². The molecule has 0 fully saturated rings. The smallest absolute Gasteiger partial charge is 0.272 e. The SMILES string of the molecule is CCn1ccc(C(=O)NCC(=O)C(C)(C)C)n1. The second-order valence-corrected chi connectivity index (χ2v) is 4.91. The Hall–Kier alpha value is -1.65. The summed E-state index contributed by atoms with van der Waals surface area (Å²) >= 11 is 0. The maximum atomic E-state index is 11.7. The van der Waals surface area contributed by atoms with Crippen LogP contribution in [0.25, 0.3) is 0 Å². The Morgan fingerprint density at radius 3 is 2.53 bits per heavy atom. The summed E-state index contributed by atoms with van der Waals surface area (Å²) in [6.45, 7) is 8.18. The summed E-state index contributed by atoms with van der Waals surface area (Å²) in [6, 6.07) is 1.64. The van der Waals surface area contributed by atoms with Crippen LogP contribution in [0.1, 0.15) is 38.2 Å². The fraction of sp³-hybridized carbons (Fsp3) is 0.583. The van der Waals surface area contributed by atoms with Crippen LogP contribution >= 0.6 is 0 Å². The highest BCUT2D eigenvalue weighted by Gasteiger charge is 2.21. The average molecular weight is 237 g/mol. The van der Waals surface area contributed by atoms with Gasteiger partial charge in [0.05, 0.1) is 6.54 Å². The molecule has 0 aliphatic carbocycles. The predicted octanol–water partition coefficient (Wildman–Crippen LogP) is 1.25. The van der Waals surface area contributed by atoms with Gasteiger partial charge in [-0.3, -0.25) is 14.3 Å². The largest absolute Gasteiger partial charge is 0.344 e. The van der Waals surface area contributed by atoms with E-state index in [-0.39, 0.29) is 18.2 Å². The van der Waals surface area contributed by atoms with Gasteiger partial charge in [-0.2, -0.15) is 5.10 Å². The van der Waals surface area contributed by atoms with E-state index in [0.29, 0.717) is 12.2 Å². The molecular formula is C12H19N3O2. The average Bonchev–Trinajstić information content (AvgIpc) is 2.72. The van der Waals surface area contributed by atoms with Crippen LogP contribution in [0.3, 0.4) is 0 Å². The highest BCUT2D eigenvalue weighted by Crippen LogP contribution is 2.13. The van der Waals surface area contributed by atoms with Gasteiger partial charge in [0.1, 0.15) is 5.69 Å².